The van der Waals surface area contributed by atoms with Gasteiger partial charge in [0, 0.05) is 26.0 Å². The number of nitrogens with zero attached hydrogens (tertiary/aromatic N) is 3. The molecular weight excluding hydrogens is 350 g/mol. The Hall–Kier alpha value is -2.50. The highest BCUT2D eigenvalue weighted by atomic mass is 16.5. The predicted octanol–water partition coefficient (Wildman–Crippen LogP) is 4.00. The normalized spacial score (nSPS) is 13.1. The molecule has 0 spiro atoms. The molecule has 0 aliphatic carbocycles. The molecule has 0 radical (unpaired) electrons. The lowest BCUT2D eigenvalue weighted by molar-refractivity contribution is 0.271. The first kappa shape index (κ1) is 21.8. The summed E-state index contributed by atoms with van der Waals surface area (Å²) in [6.45, 7) is 13.2. The Kier molecular flexibility index (Phi) is 8.36. The van der Waals surface area contributed by atoms with Gasteiger partial charge < -0.3 is 19.9 Å². The second kappa shape index (κ2) is 10.7. The van der Waals surface area contributed by atoms with E-state index in [0.717, 1.165) is 30.7 Å². The molecule has 1 unspecified atom stereocenters. The number of aromatic nitrogens is 2. The van der Waals surface area contributed by atoms with E-state index < -0.39 is 0 Å². The van der Waals surface area contributed by atoms with Crippen molar-refractivity contribution in [1.82, 2.24) is 20.2 Å². The van der Waals surface area contributed by atoms with Crippen molar-refractivity contribution in [2.45, 2.75) is 53.8 Å². The smallest absolute Gasteiger partial charge is 0.191 e. The molecule has 0 amide bonds. The van der Waals surface area contributed by atoms with Gasteiger partial charge in [-0.1, -0.05) is 39.8 Å². The van der Waals surface area contributed by atoms with Crippen LogP contribution < -0.4 is 15.4 Å². The van der Waals surface area contributed by atoms with E-state index in [1.54, 1.807) is 7.05 Å². The standard InChI is InChI=1S/C22H35N5O/c1-16(2)14-27-12-11-24-21(27)13-25-22(23-6)26-18(5)19-7-9-20(10-8-19)28-15-17(3)4/h7-12,16-18H,13-15H2,1-6H3,(H2,23,25,26). The summed E-state index contributed by atoms with van der Waals surface area (Å²) >= 11 is 0. The third kappa shape index (κ3) is 6.91. The van der Waals surface area contributed by atoms with E-state index in [4.69, 9.17) is 4.74 Å². The third-order valence-corrected chi connectivity index (χ3v) is 4.32. The van der Waals surface area contributed by atoms with E-state index >= 15 is 0 Å². The highest BCUT2D eigenvalue weighted by Crippen LogP contribution is 2.18. The van der Waals surface area contributed by atoms with Crippen molar-refractivity contribution in [1.29, 1.82) is 0 Å². The topological polar surface area (TPSA) is 63.5 Å². The lowest BCUT2D eigenvalue weighted by Gasteiger charge is -2.19. The summed E-state index contributed by atoms with van der Waals surface area (Å²) in [4.78, 5) is 8.80. The van der Waals surface area contributed by atoms with Crippen molar-refractivity contribution >= 4 is 5.96 Å². The van der Waals surface area contributed by atoms with Gasteiger partial charge in [0.15, 0.2) is 5.96 Å². The van der Waals surface area contributed by atoms with Crippen molar-refractivity contribution in [2.75, 3.05) is 13.7 Å². The van der Waals surface area contributed by atoms with Crippen molar-refractivity contribution in [3.05, 3.63) is 48.0 Å². The summed E-state index contributed by atoms with van der Waals surface area (Å²) < 4.78 is 7.94. The summed E-state index contributed by atoms with van der Waals surface area (Å²) in [5.41, 5.74) is 1.18. The Morgan fingerprint density at radius 3 is 2.43 bits per heavy atom. The van der Waals surface area contributed by atoms with Gasteiger partial charge >= 0.3 is 0 Å². The van der Waals surface area contributed by atoms with Gasteiger partial charge in [-0.15, -0.1) is 0 Å². The zero-order valence-electron chi connectivity index (χ0n) is 18.1. The molecule has 0 aliphatic rings. The fraction of sp³-hybridized carbons (Fsp3) is 0.545. The monoisotopic (exact) mass is 385 g/mol. The zero-order chi connectivity index (χ0) is 20.5. The van der Waals surface area contributed by atoms with Crippen LogP contribution in [0.2, 0.25) is 0 Å². The molecule has 1 aromatic heterocycles. The van der Waals surface area contributed by atoms with Crippen LogP contribution in [0.1, 0.15) is 52.0 Å². The fourth-order valence-electron chi connectivity index (χ4n) is 2.83. The van der Waals surface area contributed by atoms with Gasteiger partial charge in [0.1, 0.15) is 11.6 Å². The maximum Gasteiger partial charge on any atom is 0.191 e. The number of ether oxygens (including phenoxy) is 1. The average molecular weight is 386 g/mol. The fourth-order valence-corrected chi connectivity index (χ4v) is 2.83. The first-order valence-electron chi connectivity index (χ1n) is 10.1. The quantitative estimate of drug-likeness (QED) is 0.506. The Morgan fingerprint density at radius 1 is 1.11 bits per heavy atom. The number of nitrogens with one attached hydrogen (secondary N) is 2. The molecule has 1 atom stereocenters. The van der Waals surface area contributed by atoms with Crippen LogP contribution in [-0.4, -0.2) is 29.2 Å². The molecule has 154 valence electrons. The molecule has 0 bridgehead atoms. The highest BCUT2D eigenvalue weighted by molar-refractivity contribution is 5.80. The van der Waals surface area contributed by atoms with Gasteiger partial charge in [-0.05, 0) is 36.5 Å². The number of hydrogen-bond donors (Lipinski definition) is 2. The number of hydrogen-bond acceptors (Lipinski definition) is 3. The first-order valence-corrected chi connectivity index (χ1v) is 10.1. The molecule has 0 aliphatic heterocycles. The van der Waals surface area contributed by atoms with Gasteiger partial charge in [0.25, 0.3) is 0 Å². The van der Waals surface area contributed by atoms with Crippen LogP contribution in [0.5, 0.6) is 5.75 Å². The van der Waals surface area contributed by atoms with E-state index in [0.29, 0.717) is 18.4 Å². The molecule has 0 saturated carbocycles. The van der Waals surface area contributed by atoms with Crippen LogP contribution in [-0.2, 0) is 13.1 Å². The molecule has 6 nitrogen and oxygen atoms in total. The van der Waals surface area contributed by atoms with E-state index in [1.807, 2.05) is 24.5 Å². The maximum atomic E-state index is 5.76. The van der Waals surface area contributed by atoms with E-state index in [9.17, 15) is 0 Å². The van der Waals surface area contributed by atoms with E-state index in [1.165, 1.54) is 5.56 Å². The molecule has 0 fully saturated rings. The van der Waals surface area contributed by atoms with Crippen LogP contribution in [0.4, 0.5) is 0 Å². The highest BCUT2D eigenvalue weighted by Gasteiger charge is 2.10. The molecule has 1 aromatic carbocycles. The SMILES string of the molecule is CN=C(NCc1nccn1CC(C)C)NC(C)c1ccc(OCC(C)C)cc1. The Morgan fingerprint density at radius 2 is 1.82 bits per heavy atom. The minimum absolute atomic E-state index is 0.126. The molecule has 0 saturated heterocycles. The van der Waals surface area contributed by atoms with Crippen molar-refractivity contribution in [3.63, 3.8) is 0 Å². The molecule has 28 heavy (non-hydrogen) atoms. The van der Waals surface area contributed by atoms with Crippen LogP contribution in [0, 0.1) is 11.8 Å². The van der Waals surface area contributed by atoms with Gasteiger partial charge in [-0.25, -0.2) is 4.98 Å². The van der Waals surface area contributed by atoms with Crippen molar-refractivity contribution < 1.29 is 4.74 Å². The van der Waals surface area contributed by atoms with Crippen molar-refractivity contribution in [2.24, 2.45) is 16.8 Å². The summed E-state index contributed by atoms with van der Waals surface area (Å²) in [6, 6.07) is 8.36. The number of aliphatic imine (C=N–C) groups is 1. The van der Waals surface area contributed by atoms with Gasteiger partial charge in [0.2, 0.25) is 0 Å². The number of imidazole rings is 1. The lowest BCUT2D eigenvalue weighted by atomic mass is 10.1. The lowest BCUT2D eigenvalue weighted by Crippen LogP contribution is -2.38. The molecule has 2 N–H and O–H groups in total. The summed E-state index contributed by atoms with van der Waals surface area (Å²) in [5, 5.41) is 6.80. The van der Waals surface area contributed by atoms with Crippen LogP contribution >= 0.6 is 0 Å². The number of benzene rings is 1. The molecule has 6 heteroatoms. The number of rotatable bonds is 9. The predicted molar refractivity (Wildman–Crippen MR) is 116 cm³/mol. The van der Waals surface area contributed by atoms with Gasteiger partial charge in [-0.3, -0.25) is 4.99 Å². The van der Waals surface area contributed by atoms with E-state index in [-0.39, 0.29) is 6.04 Å². The molecule has 1 heterocycles. The summed E-state index contributed by atoms with van der Waals surface area (Å²) in [5.74, 6) is 3.77. The van der Waals surface area contributed by atoms with Crippen LogP contribution in [0.15, 0.2) is 41.7 Å². The van der Waals surface area contributed by atoms with Gasteiger partial charge in [-0.2, -0.15) is 0 Å². The molecule has 2 aromatic rings. The maximum absolute atomic E-state index is 5.76. The van der Waals surface area contributed by atoms with E-state index in [2.05, 4.69) is 71.9 Å². The largest absolute Gasteiger partial charge is 0.493 e. The summed E-state index contributed by atoms with van der Waals surface area (Å²) in [6.07, 6.45) is 3.87. The zero-order valence-corrected chi connectivity index (χ0v) is 18.1. The summed E-state index contributed by atoms with van der Waals surface area (Å²) in [7, 11) is 1.78. The average Bonchev–Trinajstić information content (AvgIpc) is 3.09. The molecular formula is C22H35N5O. The first-order chi connectivity index (χ1) is 13.4. The Bertz CT molecular complexity index is 734. The molecule has 2 rings (SSSR count). The Labute approximate surface area is 169 Å². The van der Waals surface area contributed by atoms with Crippen LogP contribution in [0.25, 0.3) is 0 Å². The minimum atomic E-state index is 0.126. The second-order valence-electron chi connectivity index (χ2n) is 7.96. The van der Waals surface area contributed by atoms with Gasteiger partial charge in [0.05, 0.1) is 19.2 Å². The number of guanidine groups is 1. The van der Waals surface area contributed by atoms with Crippen molar-refractivity contribution in [3.8, 4) is 5.75 Å². The van der Waals surface area contributed by atoms with Crippen LogP contribution in [0.3, 0.4) is 0 Å². The third-order valence-electron chi connectivity index (χ3n) is 4.32. The minimum Gasteiger partial charge on any atom is -0.493 e. The Balaban J connectivity index is 1.89. The second-order valence-corrected chi connectivity index (χ2v) is 7.96.